The van der Waals surface area contributed by atoms with Crippen molar-refractivity contribution in [2.75, 3.05) is 29.0 Å². The van der Waals surface area contributed by atoms with Gasteiger partial charge in [0.05, 0.1) is 11.0 Å². The summed E-state index contributed by atoms with van der Waals surface area (Å²) in [5.74, 6) is 1.09. The molecule has 3 N–H and O–H groups in total. The summed E-state index contributed by atoms with van der Waals surface area (Å²) in [5, 5.41) is 10.0. The van der Waals surface area contributed by atoms with Crippen molar-refractivity contribution >= 4 is 29.2 Å². The molecule has 2 heterocycles. The fourth-order valence-electron chi connectivity index (χ4n) is 4.05. The zero-order valence-electron chi connectivity index (χ0n) is 23.7. The lowest BCUT2D eigenvalue weighted by Crippen LogP contribution is -2.42. The number of anilines is 3. The Balaban J connectivity index is 1.27. The molecule has 1 aliphatic rings. The van der Waals surface area contributed by atoms with Crippen LogP contribution in [-0.2, 0) is 15.8 Å². The smallest absolute Gasteiger partial charge is 0.416 e. The summed E-state index contributed by atoms with van der Waals surface area (Å²) < 4.78 is 45.3. The molecule has 0 atom stereocenters. The minimum atomic E-state index is -4.52. The van der Waals surface area contributed by atoms with E-state index in [0.717, 1.165) is 18.9 Å². The van der Waals surface area contributed by atoms with E-state index < -0.39 is 23.2 Å². The van der Waals surface area contributed by atoms with Crippen molar-refractivity contribution in [3.05, 3.63) is 66.0 Å². The van der Waals surface area contributed by atoms with Crippen LogP contribution in [0.5, 0.6) is 11.6 Å². The number of hydrogen-bond acceptors (Lipinski definition) is 8. The zero-order chi connectivity index (χ0) is 30.5. The summed E-state index contributed by atoms with van der Waals surface area (Å²) in [4.78, 5) is 38.3. The number of nitrogens with one attached hydrogen (secondary N) is 3. The minimum Gasteiger partial charge on any atom is -0.439 e. The molecule has 1 fully saturated rings. The molecule has 10 nitrogen and oxygen atoms in total. The maximum atomic E-state index is 13.1. The molecule has 0 bridgehead atoms. The van der Waals surface area contributed by atoms with Crippen molar-refractivity contribution in [1.82, 2.24) is 15.0 Å². The van der Waals surface area contributed by atoms with Gasteiger partial charge in [-0.3, -0.25) is 0 Å². The number of urea groups is 1. The third-order valence-electron chi connectivity index (χ3n) is 6.41. The predicted molar refractivity (Wildman–Crippen MR) is 151 cm³/mol. The van der Waals surface area contributed by atoms with E-state index in [1.165, 1.54) is 25.4 Å². The Bertz CT molecular complexity index is 1400. The van der Waals surface area contributed by atoms with E-state index >= 15 is 0 Å². The van der Waals surface area contributed by atoms with Gasteiger partial charge in [0.2, 0.25) is 5.88 Å². The quantitative estimate of drug-likeness (QED) is 0.283. The molecule has 3 aromatic rings. The summed E-state index contributed by atoms with van der Waals surface area (Å²) in [6.45, 7) is 8.01. The third-order valence-corrected chi connectivity index (χ3v) is 6.41. The monoisotopic (exact) mass is 586 g/mol. The molecular weight excluding hydrogens is 553 g/mol. The zero-order valence-corrected chi connectivity index (χ0v) is 23.7. The van der Waals surface area contributed by atoms with Crippen LogP contribution in [0.3, 0.4) is 0 Å². The van der Waals surface area contributed by atoms with Crippen molar-refractivity contribution in [2.45, 2.75) is 52.8 Å². The second-order valence-electron chi connectivity index (χ2n) is 11.0. The number of alkyl halides is 3. The molecule has 42 heavy (non-hydrogen) atoms. The van der Waals surface area contributed by atoms with Crippen LogP contribution < -0.4 is 20.7 Å². The summed E-state index contributed by atoms with van der Waals surface area (Å²) in [6.07, 6.45) is -1.62. The highest BCUT2D eigenvalue weighted by Crippen LogP contribution is 2.33. The number of hydroxylamine groups is 2. The molecule has 4 rings (SSSR count). The van der Waals surface area contributed by atoms with Gasteiger partial charge in [-0.15, -0.1) is 5.06 Å². The molecule has 0 aliphatic carbocycles. The summed E-state index contributed by atoms with van der Waals surface area (Å²) in [5.41, 5.74) is -0.876. The van der Waals surface area contributed by atoms with Crippen molar-refractivity contribution in [3.8, 4) is 11.6 Å². The van der Waals surface area contributed by atoms with E-state index in [1.54, 1.807) is 35.4 Å². The first-order valence-corrected chi connectivity index (χ1v) is 13.4. The first-order chi connectivity index (χ1) is 19.8. The Morgan fingerprint density at radius 1 is 0.929 bits per heavy atom. The topological polar surface area (TPSA) is 118 Å². The van der Waals surface area contributed by atoms with Gasteiger partial charge in [0.1, 0.15) is 17.9 Å². The maximum absolute atomic E-state index is 13.1. The molecule has 2 amide bonds. The summed E-state index contributed by atoms with van der Waals surface area (Å²) in [7, 11) is 0. The van der Waals surface area contributed by atoms with Crippen LogP contribution in [0.1, 0.15) is 44.7 Å². The van der Waals surface area contributed by atoms with E-state index in [1.807, 2.05) is 20.8 Å². The molecule has 1 saturated heterocycles. The van der Waals surface area contributed by atoms with E-state index in [2.05, 4.69) is 25.9 Å². The highest BCUT2D eigenvalue weighted by atomic mass is 19.4. The number of aryl methyl sites for hydroxylation is 1. The number of halogens is 3. The Morgan fingerprint density at radius 3 is 2.21 bits per heavy atom. The fraction of sp³-hybridized carbons (Fsp3) is 0.379. The van der Waals surface area contributed by atoms with Crippen molar-refractivity contribution in [3.63, 3.8) is 0 Å². The molecule has 224 valence electrons. The molecule has 0 saturated carbocycles. The van der Waals surface area contributed by atoms with Crippen LogP contribution in [-0.4, -0.2) is 46.2 Å². The lowest BCUT2D eigenvalue weighted by atomic mass is 9.98. The molecule has 2 aromatic carbocycles. The van der Waals surface area contributed by atoms with Gasteiger partial charge in [-0.05, 0) is 82.5 Å². The molecule has 0 radical (unpaired) electrons. The number of hydrogen-bond donors (Lipinski definition) is 3. The van der Waals surface area contributed by atoms with Crippen LogP contribution >= 0.6 is 0 Å². The van der Waals surface area contributed by atoms with E-state index in [-0.39, 0.29) is 23.3 Å². The number of benzene rings is 2. The van der Waals surface area contributed by atoms with Crippen molar-refractivity contribution in [1.29, 1.82) is 0 Å². The lowest BCUT2D eigenvalue weighted by molar-refractivity contribution is -0.204. The van der Waals surface area contributed by atoms with E-state index in [4.69, 9.17) is 9.57 Å². The van der Waals surface area contributed by atoms with Gasteiger partial charge in [-0.25, -0.2) is 19.6 Å². The van der Waals surface area contributed by atoms with Crippen LogP contribution in [0, 0.1) is 12.3 Å². The molecule has 1 aromatic heterocycles. The van der Waals surface area contributed by atoms with Gasteiger partial charge < -0.3 is 25.5 Å². The van der Waals surface area contributed by atoms with E-state index in [9.17, 15) is 22.8 Å². The standard InChI is InChI=1S/C29H33F3N6O4/c1-18-5-6-21(15-23(18)29(30,31)32)37-27(40)36-19-7-9-22(10-8-19)41-25-16-24(33-17-34-25)35-20-11-13-38(14-12-20)42-26(39)28(2,3)4/h5-10,15-17,20H,11-14H2,1-4H3,(H,33,34,35)(H2,36,37,40). The Labute approximate surface area is 241 Å². The van der Waals surface area contributed by atoms with Crippen LogP contribution in [0.4, 0.5) is 35.2 Å². The SMILES string of the molecule is Cc1ccc(NC(=O)Nc2ccc(Oc3cc(NC4CCN(OC(=O)C(C)(C)C)CC4)ncn3)cc2)cc1C(F)(F)F. The largest absolute Gasteiger partial charge is 0.439 e. The molecule has 13 heteroatoms. The third kappa shape index (κ3) is 8.56. The first-order valence-electron chi connectivity index (χ1n) is 13.4. The number of aromatic nitrogens is 2. The van der Waals surface area contributed by atoms with Gasteiger partial charge in [-0.2, -0.15) is 13.2 Å². The molecule has 1 aliphatic heterocycles. The first kappa shape index (κ1) is 30.6. The van der Waals surface area contributed by atoms with Crippen LogP contribution in [0.15, 0.2) is 54.9 Å². The number of carbonyl (C=O) groups excluding carboxylic acids is 2. The second-order valence-corrected chi connectivity index (χ2v) is 11.0. The van der Waals surface area contributed by atoms with Gasteiger partial charge in [0, 0.05) is 36.6 Å². The highest BCUT2D eigenvalue weighted by molar-refractivity contribution is 5.99. The Morgan fingerprint density at radius 2 is 1.57 bits per heavy atom. The summed E-state index contributed by atoms with van der Waals surface area (Å²) >= 11 is 0. The van der Waals surface area contributed by atoms with Gasteiger partial charge in [0.15, 0.2) is 0 Å². The average Bonchev–Trinajstić information content (AvgIpc) is 2.91. The van der Waals surface area contributed by atoms with Crippen molar-refractivity contribution < 1.29 is 32.3 Å². The number of amides is 2. The van der Waals surface area contributed by atoms with Crippen molar-refractivity contribution in [2.24, 2.45) is 5.41 Å². The van der Waals surface area contributed by atoms with Gasteiger partial charge >= 0.3 is 18.2 Å². The highest BCUT2D eigenvalue weighted by Gasteiger charge is 2.32. The predicted octanol–water partition coefficient (Wildman–Crippen LogP) is 6.62. The molecular formula is C29H33F3N6O4. The number of nitrogens with zero attached hydrogens (tertiary/aromatic N) is 3. The number of rotatable bonds is 7. The van der Waals surface area contributed by atoms with Crippen LogP contribution in [0.2, 0.25) is 0 Å². The number of ether oxygens (including phenoxy) is 1. The number of piperidine rings is 1. The Hall–Kier alpha value is -4.39. The fourth-order valence-corrected chi connectivity index (χ4v) is 4.05. The number of carbonyl (C=O) groups is 2. The maximum Gasteiger partial charge on any atom is 0.416 e. The molecule has 0 unspecified atom stereocenters. The average molecular weight is 587 g/mol. The normalized spacial score (nSPS) is 14.6. The minimum absolute atomic E-state index is 0.0214. The summed E-state index contributed by atoms with van der Waals surface area (Å²) in [6, 6.07) is 11.1. The van der Waals surface area contributed by atoms with Gasteiger partial charge in [0.25, 0.3) is 0 Å². The van der Waals surface area contributed by atoms with E-state index in [0.29, 0.717) is 36.2 Å². The second kappa shape index (κ2) is 12.6. The lowest BCUT2D eigenvalue weighted by Gasteiger charge is -2.32. The molecule has 0 spiro atoms. The van der Waals surface area contributed by atoms with Crippen LogP contribution in [0.25, 0.3) is 0 Å². The Kier molecular flexibility index (Phi) is 9.20. The van der Waals surface area contributed by atoms with Gasteiger partial charge in [-0.1, -0.05) is 6.07 Å².